The number of phenols is 2. The van der Waals surface area contributed by atoms with Gasteiger partial charge in [-0.15, -0.1) is 0 Å². The van der Waals surface area contributed by atoms with Crippen LogP contribution in [0.15, 0.2) is 48.6 Å². The second-order valence-corrected chi connectivity index (χ2v) is 10.9. The summed E-state index contributed by atoms with van der Waals surface area (Å²) in [4.78, 5) is 25.2. The van der Waals surface area contributed by atoms with Crippen molar-refractivity contribution in [2.75, 3.05) is 34.0 Å². The van der Waals surface area contributed by atoms with Gasteiger partial charge < -0.3 is 74.0 Å². The SMILES string of the molecule is COc1cc(/C=C/C(=O)OC[C@H]2O[C@@H](O[C@]3(CO)O[C@H](CO)[C@@H](O)[C@@H]3OC(=O)/C=C/c3ccc(O)c(OC)c3)[C@H](O)[C@@H](O)[C@@H]2O)ccc1O. The molecule has 17 heteroatoms. The number of methoxy groups -OCH3 is 2. The molecule has 2 aromatic carbocycles. The maximum absolute atomic E-state index is 12.8. The second-order valence-electron chi connectivity index (χ2n) is 10.9. The number of hydrogen-bond donors (Lipinski definition) is 8. The van der Waals surface area contributed by atoms with Crippen LogP contribution in [0.3, 0.4) is 0 Å². The monoisotopic (exact) mass is 694 g/mol. The molecule has 2 aromatic rings. The number of aliphatic hydroxyl groups is 6. The molecule has 0 aliphatic carbocycles. The van der Waals surface area contributed by atoms with Gasteiger partial charge in [0, 0.05) is 12.2 Å². The summed E-state index contributed by atoms with van der Waals surface area (Å²) in [6.45, 7) is -2.61. The molecule has 49 heavy (non-hydrogen) atoms. The first kappa shape index (κ1) is 37.5. The zero-order valence-electron chi connectivity index (χ0n) is 26.3. The third-order valence-electron chi connectivity index (χ3n) is 7.72. The number of aromatic hydroxyl groups is 2. The summed E-state index contributed by atoms with van der Waals surface area (Å²) in [7, 11) is 2.69. The highest BCUT2D eigenvalue weighted by Crippen LogP contribution is 2.38. The molecule has 0 bridgehead atoms. The molecule has 0 saturated carbocycles. The van der Waals surface area contributed by atoms with E-state index in [2.05, 4.69) is 0 Å². The number of carbonyl (C=O) groups is 2. The van der Waals surface area contributed by atoms with E-state index < -0.39 is 86.6 Å². The van der Waals surface area contributed by atoms with Crippen molar-refractivity contribution in [2.45, 2.75) is 54.8 Å². The zero-order valence-corrected chi connectivity index (χ0v) is 26.3. The number of hydrogen-bond acceptors (Lipinski definition) is 17. The highest BCUT2D eigenvalue weighted by atomic mass is 16.8. The van der Waals surface area contributed by atoms with Crippen LogP contribution in [-0.2, 0) is 33.3 Å². The Balaban J connectivity index is 1.46. The van der Waals surface area contributed by atoms with Crippen molar-refractivity contribution in [1.29, 1.82) is 0 Å². The van der Waals surface area contributed by atoms with Gasteiger partial charge in [-0.1, -0.05) is 12.1 Å². The van der Waals surface area contributed by atoms with E-state index in [0.29, 0.717) is 11.1 Å². The minimum Gasteiger partial charge on any atom is -0.504 e. The molecule has 9 atom stereocenters. The van der Waals surface area contributed by atoms with Crippen LogP contribution in [0.25, 0.3) is 12.2 Å². The summed E-state index contributed by atoms with van der Waals surface area (Å²) < 4.78 is 37.3. The second kappa shape index (κ2) is 16.4. The molecule has 0 unspecified atom stereocenters. The molecule has 2 fully saturated rings. The normalized spacial score (nSPS) is 30.0. The van der Waals surface area contributed by atoms with Gasteiger partial charge in [-0.3, -0.25) is 0 Å². The van der Waals surface area contributed by atoms with Crippen LogP contribution in [0.1, 0.15) is 11.1 Å². The van der Waals surface area contributed by atoms with Crippen molar-refractivity contribution in [3.8, 4) is 23.0 Å². The topological polar surface area (TPSA) is 261 Å². The van der Waals surface area contributed by atoms with Gasteiger partial charge in [0.05, 0.1) is 20.8 Å². The Kier molecular flexibility index (Phi) is 12.6. The van der Waals surface area contributed by atoms with E-state index in [4.69, 9.17) is 33.2 Å². The maximum atomic E-state index is 12.8. The summed E-state index contributed by atoms with van der Waals surface area (Å²) in [5.41, 5.74) is 0.898. The van der Waals surface area contributed by atoms with E-state index in [9.17, 15) is 50.4 Å². The fourth-order valence-corrected chi connectivity index (χ4v) is 5.06. The minimum atomic E-state index is -2.47. The predicted octanol–water partition coefficient (Wildman–Crippen LogP) is -1.44. The summed E-state index contributed by atoms with van der Waals surface area (Å²) in [6, 6.07) is 8.54. The lowest BCUT2D eigenvalue weighted by atomic mass is 9.99. The van der Waals surface area contributed by atoms with Crippen molar-refractivity contribution in [3.05, 3.63) is 59.7 Å². The van der Waals surface area contributed by atoms with Gasteiger partial charge in [0.15, 0.2) is 35.4 Å². The molecule has 0 spiro atoms. The molecule has 0 radical (unpaired) electrons. The van der Waals surface area contributed by atoms with E-state index in [0.717, 1.165) is 12.2 Å². The number of ether oxygens (including phenoxy) is 7. The van der Waals surface area contributed by atoms with E-state index in [1.54, 1.807) is 0 Å². The summed E-state index contributed by atoms with van der Waals surface area (Å²) in [5, 5.41) is 82.2. The van der Waals surface area contributed by atoms with Crippen molar-refractivity contribution in [1.82, 2.24) is 0 Å². The van der Waals surface area contributed by atoms with E-state index in [1.807, 2.05) is 0 Å². The highest BCUT2D eigenvalue weighted by molar-refractivity contribution is 5.88. The highest BCUT2D eigenvalue weighted by Gasteiger charge is 2.60. The number of rotatable bonds is 13. The van der Waals surface area contributed by atoms with Crippen molar-refractivity contribution >= 4 is 24.1 Å². The number of phenolic OH excluding ortho intramolecular Hbond substituents is 2. The van der Waals surface area contributed by atoms with Gasteiger partial charge in [-0.2, -0.15) is 0 Å². The lowest BCUT2D eigenvalue weighted by molar-refractivity contribution is -0.383. The first-order valence-corrected chi connectivity index (χ1v) is 14.8. The average Bonchev–Trinajstić information content (AvgIpc) is 3.36. The average molecular weight is 695 g/mol. The Morgan fingerprint density at radius 2 is 1.37 bits per heavy atom. The van der Waals surface area contributed by atoms with Crippen molar-refractivity contribution in [3.63, 3.8) is 0 Å². The zero-order chi connectivity index (χ0) is 35.9. The van der Waals surface area contributed by atoms with Crippen LogP contribution < -0.4 is 9.47 Å². The molecule has 268 valence electrons. The summed E-state index contributed by atoms with van der Waals surface area (Å²) >= 11 is 0. The smallest absolute Gasteiger partial charge is 0.331 e. The lowest BCUT2D eigenvalue weighted by Gasteiger charge is -2.43. The standard InChI is InChI=1S/C32H38O17/c1-43-20-11-16(3-7-18(20)35)5-9-24(37)45-14-23-26(39)28(41)29(42)31(46-23)49-32(15-34)30(27(40)22(13-33)48-32)47-25(38)10-6-17-4-8-19(36)21(12-17)44-2/h3-12,22-23,26-31,33-36,39-42H,13-15H2,1-2H3/b9-5+,10-6+/t22-,23-,26-,27-,28+,29-,30+,31+,32+/m1/s1. The molecule has 0 aromatic heterocycles. The number of benzene rings is 2. The van der Waals surface area contributed by atoms with Crippen molar-refractivity contribution in [2.24, 2.45) is 0 Å². The number of carbonyl (C=O) groups excluding carboxylic acids is 2. The molecule has 8 N–H and O–H groups in total. The molecule has 2 heterocycles. The Bertz CT molecular complexity index is 1510. The van der Waals surface area contributed by atoms with E-state index >= 15 is 0 Å². The van der Waals surface area contributed by atoms with Crippen LogP contribution in [0.5, 0.6) is 23.0 Å². The first-order chi connectivity index (χ1) is 23.4. The van der Waals surface area contributed by atoms with Gasteiger partial charge in [0.2, 0.25) is 5.79 Å². The molecule has 2 saturated heterocycles. The van der Waals surface area contributed by atoms with E-state index in [1.165, 1.54) is 62.8 Å². The summed E-state index contributed by atoms with van der Waals surface area (Å²) in [5.74, 6) is -4.38. The molecular formula is C32H38O17. The fourth-order valence-electron chi connectivity index (χ4n) is 5.06. The van der Waals surface area contributed by atoms with Gasteiger partial charge in [0.25, 0.3) is 0 Å². The molecule has 4 rings (SSSR count). The Labute approximate surface area is 279 Å². The van der Waals surface area contributed by atoms with Crippen LogP contribution in [-0.4, -0.2) is 142 Å². The third kappa shape index (κ3) is 8.66. The van der Waals surface area contributed by atoms with Gasteiger partial charge in [-0.05, 0) is 47.5 Å². The maximum Gasteiger partial charge on any atom is 0.331 e. The van der Waals surface area contributed by atoms with Crippen LogP contribution in [0.2, 0.25) is 0 Å². The third-order valence-corrected chi connectivity index (χ3v) is 7.72. The quantitative estimate of drug-likeness (QED) is 0.0882. The van der Waals surface area contributed by atoms with Crippen LogP contribution in [0, 0.1) is 0 Å². The minimum absolute atomic E-state index is 0.108. The van der Waals surface area contributed by atoms with Crippen LogP contribution in [0.4, 0.5) is 0 Å². The van der Waals surface area contributed by atoms with Crippen molar-refractivity contribution < 1.29 is 83.6 Å². The molecule has 17 nitrogen and oxygen atoms in total. The van der Waals surface area contributed by atoms with E-state index in [-0.39, 0.29) is 23.0 Å². The molecule has 0 amide bonds. The lowest BCUT2D eigenvalue weighted by Crippen LogP contribution is -2.63. The number of esters is 2. The largest absolute Gasteiger partial charge is 0.504 e. The van der Waals surface area contributed by atoms with Gasteiger partial charge >= 0.3 is 11.9 Å². The van der Waals surface area contributed by atoms with Gasteiger partial charge in [0.1, 0.15) is 49.8 Å². The molecule has 2 aliphatic heterocycles. The first-order valence-electron chi connectivity index (χ1n) is 14.8. The Hall–Kier alpha value is -4.30. The predicted molar refractivity (Wildman–Crippen MR) is 164 cm³/mol. The Morgan fingerprint density at radius 1 is 0.796 bits per heavy atom. The molecule has 2 aliphatic rings. The summed E-state index contributed by atoms with van der Waals surface area (Å²) in [6.07, 6.45) is -9.57. The van der Waals surface area contributed by atoms with Gasteiger partial charge in [-0.25, -0.2) is 9.59 Å². The number of aliphatic hydroxyl groups excluding tert-OH is 6. The Morgan fingerprint density at radius 3 is 1.90 bits per heavy atom. The fraction of sp³-hybridized carbons (Fsp3) is 0.438. The molecular weight excluding hydrogens is 656 g/mol. The van der Waals surface area contributed by atoms with Crippen LogP contribution >= 0.6 is 0 Å².